The molecule has 0 bridgehead atoms. The smallest absolute Gasteiger partial charge is 0.456 e. The predicted octanol–water partition coefficient (Wildman–Crippen LogP) is 1.85. The normalized spacial score (nSPS) is 21.6. The van der Waals surface area contributed by atoms with E-state index in [0.717, 1.165) is 11.3 Å². The van der Waals surface area contributed by atoms with Crippen molar-refractivity contribution in [1.82, 2.24) is 5.43 Å². The molecule has 0 aliphatic carbocycles. The summed E-state index contributed by atoms with van der Waals surface area (Å²) in [5, 5.41) is 5.07. The van der Waals surface area contributed by atoms with Crippen LogP contribution >= 0.6 is 11.3 Å². The molecule has 5 nitrogen and oxygen atoms in total. The Morgan fingerprint density at radius 3 is 2.71 bits per heavy atom. The van der Waals surface area contributed by atoms with Crippen molar-refractivity contribution in [2.75, 3.05) is 6.61 Å². The Kier molecular flexibility index (Phi) is 4.31. The molecule has 114 valence electrons. The van der Waals surface area contributed by atoms with Crippen molar-refractivity contribution in [3.8, 4) is 0 Å². The molecule has 2 atom stereocenters. The minimum atomic E-state index is -5.04. The molecule has 21 heavy (non-hydrogen) atoms. The summed E-state index contributed by atoms with van der Waals surface area (Å²) in [5.41, 5.74) is 1.56. The number of nitrogens with one attached hydrogen (secondary N) is 1. The zero-order valence-corrected chi connectivity index (χ0v) is 11.6. The van der Waals surface area contributed by atoms with E-state index in [1.807, 2.05) is 0 Å². The summed E-state index contributed by atoms with van der Waals surface area (Å²) in [6.07, 6.45) is -5.04. The lowest BCUT2D eigenvalue weighted by molar-refractivity contribution is -0.163. The molecule has 1 N–H and O–H groups in total. The molecule has 0 radical (unpaired) electrons. The van der Waals surface area contributed by atoms with Crippen LogP contribution in [-0.4, -0.2) is 36.3 Å². The lowest BCUT2D eigenvalue weighted by Crippen LogP contribution is -2.40. The van der Waals surface area contributed by atoms with Gasteiger partial charge in [0.25, 0.3) is 5.78 Å². The maximum Gasteiger partial charge on any atom is 0.456 e. The number of alkyl halides is 3. The van der Waals surface area contributed by atoms with E-state index in [1.165, 1.54) is 0 Å². The van der Waals surface area contributed by atoms with Crippen molar-refractivity contribution in [2.24, 2.45) is 5.10 Å². The quantitative estimate of drug-likeness (QED) is 0.860. The fraction of sp³-hybridized carbons (Fsp3) is 0.417. The number of esters is 1. The van der Waals surface area contributed by atoms with Gasteiger partial charge in [0.2, 0.25) is 0 Å². The first-order valence-electron chi connectivity index (χ1n) is 6.01. The van der Waals surface area contributed by atoms with Gasteiger partial charge in [-0.25, -0.2) is 4.79 Å². The van der Waals surface area contributed by atoms with E-state index >= 15 is 0 Å². The lowest BCUT2D eigenvalue weighted by Gasteiger charge is -2.18. The monoisotopic (exact) mass is 320 g/mol. The first kappa shape index (κ1) is 15.5. The van der Waals surface area contributed by atoms with Crippen LogP contribution in [0.25, 0.3) is 0 Å². The summed E-state index contributed by atoms with van der Waals surface area (Å²) < 4.78 is 42.7. The number of Topliss-reactive ketones (excluding diaryl/α,β-unsaturated/α-hetero) is 1. The molecule has 0 saturated heterocycles. The standard InChI is InChI=1S/C12H11F3N2O3S/c1-2-20-11(19)9-7(6-4-3-5-21-6)8(16-17-9)10(18)12(13,14)15/h3-5,7,9,17H,2H2,1H3/t7-,9+/m1/s1. The molecular formula is C12H11F3N2O3S. The van der Waals surface area contributed by atoms with Gasteiger partial charge in [-0.1, -0.05) is 6.07 Å². The van der Waals surface area contributed by atoms with E-state index in [0.29, 0.717) is 4.88 Å². The van der Waals surface area contributed by atoms with Crippen molar-refractivity contribution < 1.29 is 27.5 Å². The van der Waals surface area contributed by atoms with Crippen LogP contribution < -0.4 is 5.43 Å². The number of nitrogens with zero attached hydrogens (tertiary/aromatic N) is 1. The number of rotatable bonds is 4. The van der Waals surface area contributed by atoms with Gasteiger partial charge in [-0.3, -0.25) is 10.2 Å². The van der Waals surface area contributed by atoms with Gasteiger partial charge in [-0.2, -0.15) is 18.3 Å². The number of carbonyl (C=O) groups is 2. The van der Waals surface area contributed by atoms with Crippen LogP contribution in [0.5, 0.6) is 0 Å². The van der Waals surface area contributed by atoms with Crippen molar-refractivity contribution in [3.05, 3.63) is 22.4 Å². The Morgan fingerprint density at radius 1 is 1.48 bits per heavy atom. The third-order valence-corrected chi connectivity index (χ3v) is 3.79. The molecule has 0 amide bonds. The van der Waals surface area contributed by atoms with Crippen molar-refractivity contribution in [2.45, 2.75) is 25.1 Å². The molecule has 1 aliphatic rings. The number of hydrazone groups is 1. The number of carbonyl (C=O) groups excluding carboxylic acids is 2. The number of halogens is 3. The minimum absolute atomic E-state index is 0.0801. The molecule has 2 rings (SSSR count). The number of ketones is 1. The Balaban J connectivity index is 2.34. The van der Waals surface area contributed by atoms with Crippen LogP contribution in [0.1, 0.15) is 17.7 Å². The highest BCUT2D eigenvalue weighted by Gasteiger charge is 2.50. The Bertz CT molecular complexity index is 569. The second-order valence-corrected chi connectivity index (χ2v) is 5.16. The maximum atomic E-state index is 12.6. The summed E-state index contributed by atoms with van der Waals surface area (Å²) in [6, 6.07) is 2.04. The Morgan fingerprint density at radius 2 is 2.19 bits per heavy atom. The Hall–Kier alpha value is -1.90. The van der Waals surface area contributed by atoms with Crippen molar-refractivity contribution in [3.63, 3.8) is 0 Å². The minimum Gasteiger partial charge on any atom is -0.464 e. The van der Waals surface area contributed by atoms with Gasteiger partial charge in [0.15, 0.2) is 6.04 Å². The van der Waals surface area contributed by atoms with Crippen LogP contribution in [0.3, 0.4) is 0 Å². The zero-order valence-electron chi connectivity index (χ0n) is 10.8. The van der Waals surface area contributed by atoms with Crippen LogP contribution in [0.4, 0.5) is 13.2 Å². The molecule has 0 aromatic carbocycles. The fourth-order valence-electron chi connectivity index (χ4n) is 1.97. The third kappa shape index (κ3) is 3.07. The zero-order chi connectivity index (χ0) is 15.6. The van der Waals surface area contributed by atoms with Crippen LogP contribution in [0, 0.1) is 0 Å². The molecule has 2 heterocycles. The van der Waals surface area contributed by atoms with E-state index in [2.05, 4.69) is 10.5 Å². The Labute approximate surface area is 121 Å². The highest BCUT2D eigenvalue weighted by Crippen LogP contribution is 2.33. The molecule has 0 unspecified atom stereocenters. The van der Waals surface area contributed by atoms with E-state index < -0.39 is 35.6 Å². The SMILES string of the molecule is CCOC(=O)[C@H]1NN=C(C(=O)C(F)(F)F)[C@H]1c1cccs1. The van der Waals surface area contributed by atoms with Gasteiger partial charge in [0.05, 0.1) is 12.5 Å². The average molecular weight is 320 g/mol. The highest BCUT2D eigenvalue weighted by molar-refractivity contribution is 7.10. The molecule has 0 spiro atoms. The van der Waals surface area contributed by atoms with Crippen LogP contribution in [-0.2, 0) is 14.3 Å². The second-order valence-electron chi connectivity index (χ2n) is 4.18. The lowest BCUT2D eigenvalue weighted by atomic mass is 9.91. The predicted molar refractivity (Wildman–Crippen MR) is 69.1 cm³/mol. The van der Waals surface area contributed by atoms with E-state index in [-0.39, 0.29) is 6.61 Å². The first-order chi connectivity index (χ1) is 9.86. The molecule has 0 fully saturated rings. The summed E-state index contributed by atoms with van der Waals surface area (Å²) >= 11 is 1.14. The molecule has 1 aromatic rings. The number of hydrogen-bond donors (Lipinski definition) is 1. The van der Waals surface area contributed by atoms with Gasteiger partial charge >= 0.3 is 12.1 Å². The molecule has 0 saturated carbocycles. The van der Waals surface area contributed by atoms with E-state index in [4.69, 9.17) is 4.74 Å². The second kappa shape index (κ2) is 5.84. The van der Waals surface area contributed by atoms with E-state index in [9.17, 15) is 22.8 Å². The van der Waals surface area contributed by atoms with E-state index in [1.54, 1.807) is 24.4 Å². The molecule has 1 aliphatic heterocycles. The largest absolute Gasteiger partial charge is 0.464 e. The van der Waals surface area contributed by atoms with Gasteiger partial charge in [0.1, 0.15) is 5.71 Å². The molecule has 1 aromatic heterocycles. The van der Waals surface area contributed by atoms with Crippen molar-refractivity contribution >= 4 is 28.8 Å². The third-order valence-electron chi connectivity index (χ3n) is 2.83. The number of ether oxygens (including phenoxy) is 1. The van der Waals surface area contributed by atoms with Crippen LogP contribution in [0.15, 0.2) is 22.6 Å². The highest BCUT2D eigenvalue weighted by atomic mass is 32.1. The summed E-state index contributed by atoms with van der Waals surface area (Å²) in [4.78, 5) is 23.7. The van der Waals surface area contributed by atoms with Gasteiger partial charge in [-0.05, 0) is 18.4 Å². The molecule has 9 heteroatoms. The first-order valence-corrected chi connectivity index (χ1v) is 6.89. The maximum absolute atomic E-state index is 12.6. The topological polar surface area (TPSA) is 67.8 Å². The van der Waals surface area contributed by atoms with Gasteiger partial charge in [-0.15, -0.1) is 11.3 Å². The number of thiophene rings is 1. The number of hydrogen-bond acceptors (Lipinski definition) is 6. The summed E-state index contributed by atoms with van der Waals surface area (Å²) in [5.74, 6) is -3.90. The fourth-order valence-corrected chi connectivity index (χ4v) is 2.83. The summed E-state index contributed by atoms with van der Waals surface area (Å²) in [7, 11) is 0. The van der Waals surface area contributed by atoms with Crippen LogP contribution in [0.2, 0.25) is 0 Å². The van der Waals surface area contributed by atoms with Gasteiger partial charge in [0, 0.05) is 4.88 Å². The summed E-state index contributed by atoms with van der Waals surface area (Å²) in [6.45, 7) is 1.66. The van der Waals surface area contributed by atoms with Crippen molar-refractivity contribution in [1.29, 1.82) is 0 Å². The van der Waals surface area contributed by atoms with Gasteiger partial charge < -0.3 is 4.74 Å². The molecular weight excluding hydrogens is 309 g/mol. The average Bonchev–Trinajstić information content (AvgIpc) is 3.05.